The van der Waals surface area contributed by atoms with Crippen LogP contribution in [0.2, 0.25) is 0 Å². The van der Waals surface area contributed by atoms with Gasteiger partial charge in [-0.25, -0.2) is 4.98 Å². The predicted molar refractivity (Wildman–Crippen MR) is 190 cm³/mol. The summed E-state index contributed by atoms with van der Waals surface area (Å²) in [6.07, 6.45) is 14.0. The fourth-order valence-electron chi connectivity index (χ4n) is 6.68. The number of aromatic nitrogens is 1. The normalized spacial score (nSPS) is 14.3. The molecule has 1 aromatic heterocycles. The number of nitrogens with two attached hydrogens (primary N) is 1. The third-order valence-electron chi connectivity index (χ3n) is 9.32. The molecule has 0 amide bonds. The average molecular weight is 641 g/mol. The number of hydrogen-bond donors (Lipinski definition) is 4. The highest BCUT2D eigenvalue weighted by Gasteiger charge is 2.22. The van der Waals surface area contributed by atoms with Gasteiger partial charge in [-0.05, 0) is 136 Å². The number of anilines is 1. The lowest BCUT2D eigenvalue weighted by Crippen LogP contribution is -2.35. The number of aromatic hydroxyl groups is 1. The van der Waals surface area contributed by atoms with Gasteiger partial charge in [-0.1, -0.05) is 49.2 Å². The first-order valence-corrected chi connectivity index (χ1v) is 17.1. The SMILES string of the molecule is CNC[C@H](CCCCCC(=O)CC(=O)C=Cc1cc(OC)c(O)cc1Cc1cnc(N)cc1CCc1ccccc1)C1CCNCC1. The Morgan fingerprint density at radius 1 is 1.06 bits per heavy atom. The lowest BCUT2D eigenvalue weighted by Gasteiger charge is -2.30. The molecule has 1 atom stereocenters. The monoisotopic (exact) mass is 640 g/mol. The third-order valence-corrected chi connectivity index (χ3v) is 9.32. The number of piperidine rings is 1. The minimum atomic E-state index is -0.231. The molecule has 0 spiro atoms. The number of carbonyl (C=O) groups is 2. The van der Waals surface area contributed by atoms with E-state index in [-0.39, 0.29) is 23.7 Å². The molecule has 0 bridgehead atoms. The number of nitrogens with zero attached hydrogens (tertiary/aromatic N) is 1. The van der Waals surface area contributed by atoms with Gasteiger partial charge in [-0.3, -0.25) is 9.59 Å². The summed E-state index contributed by atoms with van der Waals surface area (Å²) < 4.78 is 5.36. The van der Waals surface area contributed by atoms with E-state index in [9.17, 15) is 14.7 Å². The van der Waals surface area contributed by atoms with Crippen LogP contribution in [0.3, 0.4) is 0 Å². The molecule has 5 N–H and O–H groups in total. The van der Waals surface area contributed by atoms with Gasteiger partial charge in [0.2, 0.25) is 0 Å². The molecule has 1 fully saturated rings. The maximum atomic E-state index is 12.8. The smallest absolute Gasteiger partial charge is 0.163 e. The molecule has 1 aliphatic heterocycles. The fourth-order valence-corrected chi connectivity index (χ4v) is 6.68. The molecule has 0 aliphatic carbocycles. The largest absolute Gasteiger partial charge is 0.504 e. The summed E-state index contributed by atoms with van der Waals surface area (Å²) in [5.41, 5.74) is 10.9. The van der Waals surface area contributed by atoms with Crippen molar-refractivity contribution in [3.63, 3.8) is 0 Å². The lowest BCUT2D eigenvalue weighted by atomic mass is 9.81. The van der Waals surface area contributed by atoms with E-state index >= 15 is 0 Å². The van der Waals surface area contributed by atoms with Crippen molar-refractivity contribution in [1.29, 1.82) is 0 Å². The number of carbonyl (C=O) groups excluding carboxylic acids is 2. The van der Waals surface area contributed by atoms with E-state index in [0.29, 0.717) is 30.3 Å². The Morgan fingerprint density at radius 3 is 2.60 bits per heavy atom. The van der Waals surface area contributed by atoms with Crippen molar-refractivity contribution in [2.24, 2.45) is 11.8 Å². The molecule has 4 rings (SSSR count). The Balaban J connectivity index is 1.33. The molecule has 2 heterocycles. The molecule has 47 heavy (non-hydrogen) atoms. The summed E-state index contributed by atoms with van der Waals surface area (Å²) >= 11 is 0. The molecule has 0 unspecified atom stereocenters. The van der Waals surface area contributed by atoms with Crippen LogP contribution in [-0.2, 0) is 28.9 Å². The number of hydrogen-bond acceptors (Lipinski definition) is 8. The number of nitrogens with one attached hydrogen (secondary N) is 2. The van der Waals surface area contributed by atoms with Crippen LogP contribution in [0.5, 0.6) is 11.5 Å². The van der Waals surface area contributed by atoms with Crippen LogP contribution in [0.25, 0.3) is 6.08 Å². The van der Waals surface area contributed by atoms with E-state index in [0.717, 1.165) is 79.9 Å². The van der Waals surface area contributed by atoms with Gasteiger partial charge in [0.05, 0.1) is 13.5 Å². The number of nitrogen functional groups attached to an aromatic ring is 1. The molecule has 1 saturated heterocycles. The second kappa shape index (κ2) is 19.0. The van der Waals surface area contributed by atoms with E-state index in [1.807, 2.05) is 31.3 Å². The Bertz CT molecular complexity index is 1470. The quantitative estimate of drug-likeness (QED) is 0.0706. The number of rotatable bonds is 19. The number of methoxy groups -OCH3 is 1. The molecule has 252 valence electrons. The highest BCUT2D eigenvalue weighted by Crippen LogP contribution is 2.32. The summed E-state index contributed by atoms with van der Waals surface area (Å²) in [5.74, 6) is 1.99. The number of pyridine rings is 1. The summed E-state index contributed by atoms with van der Waals surface area (Å²) in [5, 5.41) is 17.4. The van der Waals surface area contributed by atoms with Crippen LogP contribution in [0.4, 0.5) is 5.82 Å². The molecule has 3 aromatic rings. The first-order valence-electron chi connectivity index (χ1n) is 17.1. The summed E-state index contributed by atoms with van der Waals surface area (Å²) in [7, 11) is 3.52. The molecule has 8 heteroatoms. The van der Waals surface area contributed by atoms with Gasteiger partial charge < -0.3 is 26.2 Å². The number of Topliss-reactive ketones (excluding diaryl/α,β-unsaturated/α-hetero) is 1. The van der Waals surface area contributed by atoms with E-state index in [1.54, 1.807) is 24.4 Å². The van der Waals surface area contributed by atoms with E-state index in [1.165, 1.54) is 38.0 Å². The second-order valence-electron chi connectivity index (χ2n) is 12.8. The number of unbranched alkanes of at least 4 members (excludes halogenated alkanes) is 2. The standard InChI is InChI=1S/C39H52N4O4/c1-41-26-32(29-17-19-42-20-18-29)11-7-4-8-12-35(44)25-36(45)16-15-30-23-38(47-2)37(46)22-33(30)21-34-27-43-39(40)24-31(34)14-13-28-9-5-3-6-10-28/h3,5-6,9-10,15-16,22-24,27,29,32,41-42,46H,4,7-8,11-14,17-21,25-26H2,1-2H3,(H2,40,43)/t32-/m0/s1. The summed E-state index contributed by atoms with van der Waals surface area (Å²) in [4.78, 5) is 29.8. The van der Waals surface area contributed by atoms with Crippen molar-refractivity contribution >= 4 is 23.5 Å². The van der Waals surface area contributed by atoms with Crippen molar-refractivity contribution in [2.45, 2.75) is 70.6 Å². The van der Waals surface area contributed by atoms with Crippen molar-refractivity contribution in [1.82, 2.24) is 15.6 Å². The van der Waals surface area contributed by atoms with E-state index in [2.05, 4.69) is 27.8 Å². The molecule has 0 saturated carbocycles. The van der Waals surface area contributed by atoms with Crippen molar-refractivity contribution in [2.75, 3.05) is 39.5 Å². The Morgan fingerprint density at radius 2 is 1.85 bits per heavy atom. The zero-order chi connectivity index (χ0) is 33.4. The number of aryl methyl sites for hydroxylation is 2. The van der Waals surface area contributed by atoms with Gasteiger partial charge in [0.15, 0.2) is 17.3 Å². The van der Waals surface area contributed by atoms with E-state index < -0.39 is 0 Å². The third kappa shape index (κ3) is 11.6. The Hall–Kier alpha value is -4.01. The maximum absolute atomic E-state index is 12.8. The number of ketones is 2. The van der Waals surface area contributed by atoms with Gasteiger partial charge in [0.1, 0.15) is 11.6 Å². The van der Waals surface area contributed by atoms with Crippen molar-refractivity contribution in [3.8, 4) is 11.5 Å². The van der Waals surface area contributed by atoms with Crippen molar-refractivity contribution in [3.05, 3.63) is 88.6 Å². The van der Waals surface area contributed by atoms with Gasteiger partial charge in [-0.2, -0.15) is 0 Å². The molecule has 2 aromatic carbocycles. The molecule has 1 aliphatic rings. The fraction of sp³-hybridized carbons (Fsp3) is 0.462. The highest BCUT2D eigenvalue weighted by molar-refractivity contribution is 6.06. The second-order valence-corrected chi connectivity index (χ2v) is 12.8. The summed E-state index contributed by atoms with van der Waals surface area (Å²) in [6.45, 7) is 3.27. The highest BCUT2D eigenvalue weighted by atomic mass is 16.5. The molecule has 8 nitrogen and oxygen atoms in total. The minimum absolute atomic E-state index is 0.0171. The van der Waals surface area contributed by atoms with Gasteiger partial charge in [-0.15, -0.1) is 0 Å². The van der Waals surface area contributed by atoms with Crippen molar-refractivity contribution < 1.29 is 19.4 Å². The molecule has 0 radical (unpaired) electrons. The maximum Gasteiger partial charge on any atom is 0.163 e. The number of phenols is 1. The van der Waals surface area contributed by atoms with Crippen LogP contribution in [-0.4, -0.2) is 55.4 Å². The first kappa shape index (κ1) is 35.8. The van der Waals surface area contributed by atoms with Gasteiger partial charge in [0.25, 0.3) is 0 Å². The van der Waals surface area contributed by atoms with Crippen LogP contribution in [0, 0.1) is 11.8 Å². The number of allylic oxidation sites excluding steroid dienone is 1. The molecular formula is C39H52N4O4. The van der Waals surface area contributed by atoms with Gasteiger partial charge >= 0.3 is 0 Å². The number of phenolic OH excluding ortho intramolecular Hbond substituents is 1. The topological polar surface area (TPSA) is 127 Å². The van der Waals surface area contributed by atoms with E-state index in [4.69, 9.17) is 10.5 Å². The first-order chi connectivity index (χ1) is 22.9. The average Bonchev–Trinajstić information content (AvgIpc) is 3.08. The summed E-state index contributed by atoms with van der Waals surface area (Å²) in [6, 6.07) is 15.6. The van der Waals surface area contributed by atoms with Crippen LogP contribution < -0.4 is 21.1 Å². The Labute approximate surface area is 280 Å². The predicted octanol–water partition coefficient (Wildman–Crippen LogP) is 6.08. The lowest BCUT2D eigenvalue weighted by molar-refractivity contribution is -0.124. The minimum Gasteiger partial charge on any atom is -0.504 e. The number of benzene rings is 2. The van der Waals surface area contributed by atoms with Gasteiger partial charge in [0, 0.05) is 12.6 Å². The number of ether oxygens (including phenoxy) is 1. The van der Waals surface area contributed by atoms with Crippen LogP contribution in [0.15, 0.2) is 60.8 Å². The molecular weight excluding hydrogens is 588 g/mol. The zero-order valence-corrected chi connectivity index (χ0v) is 28.1. The van der Waals surface area contributed by atoms with Crippen LogP contribution >= 0.6 is 0 Å². The Kier molecular flexibility index (Phi) is 14.5. The zero-order valence-electron chi connectivity index (χ0n) is 28.1. The van der Waals surface area contributed by atoms with Crippen LogP contribution in [0.1, 0.15) is 79.2 Å².